The van der Waals surface area contributed by atoms with Gasteiger partial charge >= 0.3 is 29.8 Å². The number of nitrogens with one attached hydrogen (secondary N) is 1. The van der Waals surface area contributed by atoms with Gasteiger partial charge in [-0.05, 0) is 91.8 Å². The zero-order valence-electron chi connectivity index (χ0n) is 38.7. The smallest absolute Gasteiger partial charge is 0.366 e. The first-order chi connectivity index (χ1) is 29.6. The van der Waals surface area contributed by atoms with E-state index in [1.165, 1.54) is 26.5 Å². The van der Waals surface area contributed by atoms with Gasteiger partial charge in [0.2, 0.25) is 5.91 Å². The first-order valence-corrected chi connectivity index (χ1v) is 23.0. The van der Waals surface area contributed by atoms with Crippen molar-refractivity contribution in [3.63, 3.8) is 0 Å². The lowest BCUT2D eigenvalue weighted by Crippen LogP contribution is -2.69. The van der Waals surface area contributed by atoms with Gasteiger partial charge in [0.1, 0.15) is 18.8 Å². The lowest BCUT2D eigenvalue weighted by atomic mass is 9.47. The Balaban J connectivity index is 1.16. The van der Waals surface area contributed by atoms with Crippen molar-refractivity contribution in [3.05, 3.63) is 11.6 Å². The zero-order chi connectivity index (χ0) is 45.8. The van der Waals surface area contributed by atoms with E-state index >= 15 is 0 Å². The molecule has 1 spiro atoms. The van der Waals surface area contributed by atoms with E-state index < -0.39 is 96.9 Å². The van der Waals surface area contributed by atoms with Crippen molar-refractivity contribution in [1.82, 2.24) is 5.32 Å². The Bertz CT molecular complexity index is 1830. The molecule has 7 rings (SSSR count). The molecule has 3 saturated heterocycles. The zero-order valence-corrected chi connectivity index (χ0v) is 38.7. The molecular weight excluding hydrogens is 819 g/mol. The van der Waals surface area contributed by atoms with Gasteiger partial charge in [-0.2, -0.15) is 0 Å². The first-order valence-electron chi connectivity index (χ1n) is 23.0. The van der Waals surface area contributed by atoms with Crippen LogP contribution < -0.4 is 5.32 Å². The molecule has 1 amide bonds. The van der Waals surface area contributed by atoms with Gasteiger partial charge in [-0.15, -0.1) is 0 Å². The van der Waals surface area contributed by atoms with Crippen molar-refractivity contribution in [2.75, 3.05) is 20.3 Å². The van der Waals surface area contributed by atoms with Crippen LogP contribution in [0.25, 0.3) is 0 Å². The fourth-order valence-electron chi connectivity index (χ4n) is 13.5. The average molecular weight is 888 g/mol. The van der Waals surface area contributed by atoms with E-state index in [0.717, 1.165) is 72.3 Å². The minimum absolute atomic E-state index is 0.0995. The number of ether oxygens (including phenoxy) is 9. The molecule has 0 unspecified atom stereocenters. The van der Waals surface area contributed by atoms with Crippen molar-refractivity contribution in [1.29, 1.82) is 0 Å². The van der Waals surface area contributed by atoms with Crippen LogP contribution in [-0.4, -0.2) is 110 Å². The maximum Gasteiger partial charge on any atom is 0.366 e. The summed E-state index contributed by atoms with van der Waals surface area (Å²) >= 11 is 0. The van der Waals surface area contributed by atoms with Gasteiger partial charge in [0, 0.05) is 47.0 Å². The number of carbonyl (C=O) groups is 6. The van der Waals surface area contributed by atoms with Crippen molar-refractivity contribution in [2.24, 2.45) is 46.3 Å². The monoisotopic (exact) mass is 887 g/mol. The SMILES string of the molecule is COC(=O)[C@@]1(O[C@H]2CC[C@@]3(C)C(=CC[C@H]4[C@@H]5C[C@@H]6O[C@]7(CC[C@@H](C)CO7)[C@@H](C)[C@@H]6[C@@]5(C)CC[C@@H]43)C2)C[C@H](OC(C)=O)[C@@H](NC(C)=O)[C@H]([C@H](OC(C)=O)[C@@H](COC(C)=O)OC(C)=O)O1. The van der Waals surface area contributed by atoms with E-state index in [2.05, 4.69) is 39.1 Å². The molecule has 0 radical (unpaired) electrons. The highest BCUT2D eigenvalue weighted by molar-refractivity contribution is 5.79. The van der Waals surface area contributed by atoms with E-state index in [4.69, 9.17) is 42.6 Å². The summed E-state index contributed by atoms with van der Waals surface area (Å²) in [6, 6.07) is -1.27. The van der Waals surface area contributed by atoms with Gasteiger partial charge in [-0.25, -0.2) is 4.79 Å². The maximum absolute atomic E-state index is 14.2. The fourth-order valence-corrected chi connectivity index (χ4v) is 13.5. The molecule has 4 aliphatic carbocycles. The Kier molecular flexibility index (Phi) is 13.5. The molecule has 63 heavy (non-hydrogen) atoms. The van der Waals surface area contributed by atoms with Crippen molar-refractivity contribution < 1.29 is 71.4 Å². The number of hydrogen-bond donors (Lipinski definition) is 1. The van der Waals surface area contributed by atoms with Crippen molar-refractivity contribution >= 4 is 35.8 Å². The Morgan fingerprint density at radius 3 is 2.22 bits per heavy atom. The lowest BCUT2D eigenvalue weighted by Gasteiger charge is -2.59. The van der Waals surface area contributed by atoms with Gasteiger partial charge in [0.25, 0.3) is 5.79 Å². The summed E-state index contributed by atoms with van der Waals surface area (Å²) in [5.74, 6) is -4.50. The van der Waals surface area contributed by atoms with Crippen LogP contribution in [0.15, 0.2) is 11.6 Å². The average Bonchev–Trinajstić information content (AvgIpc) is 3.65. The molecule has 16 nitrogen and oxygen atoms in total. The second-order valence-electron chi connectivity index (χ2n) is 20.2. The van der Waals surface area contributed by atoms with E-state index in [1.54, 1.807) is 0 Å². The number of carbonyl (C=O) groups excluding carboxylic acids is 6. The predicted octanol–water partition coefficient (Wildman–Crippen LogP) is 5.26. The van der Waals surface area contributed by atoms with Crippen LogP contribution in [0.5, 0.6) is 0 Å². The second-order valence-corrected chi connectivity index (χ2v) is 20.2. The van der Waals surface area contributed by atoms with Crippen LogP contribution in [0.3, 0.4) is 0 Å². The second kappa shape index (κ2) is 18.0. The molecular formula is C47H69NO15. The summed E-state index contributed by atoms with van der Waals surface area (Å²) in [6.07, 6.45) is 3.84. The molecule has 16 heteroatoms. The summed E-state index contributed by atoms with van der Waals surface area (Å²) in [4.78, 5) is 76.7. The van der Waals surface area contributed by atoms with Gasteiger partial charge in [-0.1, -0.05) is 39.3 Å². The highest BCUT2D eigenvalue weighted by Crippen LogP contribution is 2.70. The third-order valence-corrected chi connectivity index (χ3v) is 16.2. The van der Waals surface area contributed by atoms with Gasteiger partial charge < -0.3 is 47.9 Å². The van der Waals surface area contributed by atoms with E-state index in [1.807, 2.05) is 0 Å². The van der Waals surface area contributed by atoms with Crippen molar-refractivity contribution in [3.8, 4) is 0 Å². The van der Waals surface area contributed by atoms with Gasteiger partial charge in [0.15, 0.2) is 18.0 Å². The van der Waals surface area contributed by atoms with Gasteiger partial charge in [-0.3, -0.25) is 24.0 Å². The molecule has 17 atom stereocenters. The quantitative estimate of drug-likeness (QED) is 0.160. The third kappa shape index (κ3) is 8.91. The number of methoxy groups -OCH3 is 1. The molecule has 7 aliphatic rings. The summed E-state index contributed by atoms with van der Waals surface area (Å²) in [5.41, 5.74) is 1.33. The molecule has 3 heterocycles. The van der Waals surface area contributed by atoms with Crippen LogP contribution >= 0.6 is 0 Å². The van der Waals surface area contributed by atoms with Crippen LogP contribution in [0.4, 0.5) is 0 Å². The maximum atomic E-state index is 14.2. The lowest BCUT2D eigenvalue weighted by molar-refractivity contribution is -0.327. The van der Waals surface area contributed by atoms with Crippen LogP contribution in [0.1, 0.15) is 127 Å². The molecule has 352 valence electrons. The Morgan fingerprint density at radius 1 is 0.873 bits per heavy atom. The molecule has 0 aromatic heterocycles. The third-order valence-electron chi connectivity index (χ3n) is 16.2. The predicted molar refractivity (Wildman–Crippen MR) is 222 cm³/mol. The number of rotatable bonds is 11. The molecule has 6 fully saturated rings. The molecule has 0 bridgehead atoms. The highest BCUT2D eigenvalue weighted by Gasteiger charge is 2.69. The summed E-state index contributed by atoms with van der Waals surface area (Å²) in [5, 5.41) is 2.72. The minimum atomic E-state index is -2.26. The minimum Gasteiger partial charge on any atom is -0.465 e. The summed E-state index contributed by atoms with van der Waals surface area (Å²) in [7, 11) is 1.17. The number of allylic oxidation sites excluding steroid dienone is 1. The van der Waals surface area contributed by atoms with Crippen LogP contribution in [0, 0.1) is 46.3 Å². The first kappa shape index (κ1) is 47.4. The number of esters is 5. The molecule has 0 aromatic carbocycles. The largest absolute Gasteiger partial charge is 0.465 e. The van der Waals surface area contributed by atoms with E-state index in [0.29, 0.717) is 48.3 Å². The molecule has 3 saturated carbocycles. The van der Waals surface area contributed by atoms with Crippen LogP contribution in [-0.2, 0) is 71.4 Å². The normalized spacial score (nSPS) is 42.4. The molecule has 1 N–H and O–H groups in total. The van der Waals surface area contributed by atoms with Crippen molar-refractivity contribution in [2.45, 2.75) is 181 Å². The Labute approximate surface area is 370 Å². The number of hydrogen-bond acceptors (Lipinski definition) is 15. The van der Waals surface area contributed by atoms with Gasteiger partial charge in [0.05, 0.1) is 38.4 Å². The molecule has 3 aliphatic heterocycles. The summed E-state index contributed by atoms with van der Waals surface area (Å²) < 4.78 is 54.6. The highest BCUT2D eigenvalue weighted by atomic mass is 16.7. The number of amides is 1. The van der Waals surface area contributed by atoms with E-state index in [-0.39, 0.29) is 16.9 Å². The number of fused-ring (bicyclic) bond motifs is 7. The fraction of sp³-hybridized carbons (Fsp3) is 0.830. The van der Waals surface area contributed by atoms with E-state index in [9.17, 15) is 28.8 Å². The Hall–Kier alpha value is -3.60. The Morgan fingerprint density at radius 2 is 1.60 bits per heavy atom. The summed E-state index contributed by atoms with van der Waals surface area (Å²) in [6.45, 7) is 15.5. The van der Waals surface area contributed by atoms with Crippen LogP contribution in [0.2, 0.25) is 0 Å². The topological polar surface area (TPSA) is 198 Å². The standard InChI is InChI=1S/C47H69NO15/c1-24-13-18-46(57-22-24)25(2)39-36(62-46)20-35-33-12-11-31-19-32(14-16-44(31,8)34(33)15-17-45(35,39)9)61-47(43(54)55-10)21-37(58-28(5)51)40(48-26(3)49)42(63-47)41(60-30(7)53)38(59-29(6)52)23-56-27(4)50/h11,24-25,32-42H,12-23H2,1-10H3,(H,48,49)/t24-,25+,32+,33-,34+,35+,36+,37+,38-,39+,40-,41-,42-,44+,45+,46-,47-/m1/s1. The molecule has 0 aromatic rings.